The van der Waals surface area contributed by atoms with Crippen molar-refractivity contribution in [3.8, 4) is 11.3 Å². The highest BCUT2D eigenvalue weighted by Gasteiger charge is 2.18. The van der Waals surface area contributed by atoms with Crippen molar-refractivity contribution in [1.29, 1.82) is 0 Å². The first-order valence-electron chi connectivity index (χ1n) is 6.28. The number of carboxylic acids is 1. The average Bonchev–Trinajstić information content (AvgIpc) is 2.71. The molecule has 100 valence electrons. The van der Waals surface area contributed by atoms with Gasteiger partial charge in [0.1, 0.15) is 5.69 Å². The zero-order valence-corrected chi connectivity index (χ0v) is 11.3. The summed E-state index contributed by atoms with van der Waals surface area (Å²) < 4.78 is 4.86. The first kappa shape index (κ1) is 13.3. The van der Waals surface area contributed by atoms with Crippen LogP contribution in [0.1, 0.15) is 35.5 Å². The molecule has 4 nitrogen and oxygen atoms in total. The van der Waals surface area contributed by atoms with Gasteiger partial charge in [0, 0.05) is 11.1 Å². The predicted molar refractivity (Wildman–Crippen MR) is 72.2 cm³/mol. The van der Waals surface area contributed by atoms with Crippen LogP contribution in [-0.2, 0) is 6.42 Å². The van der Waals surface area contributed by atoms with E-state index in [0.717, 1.165) is 12.0 Å². The fourth-order valence-corrected chi connectivity index (χ4v) is 2.07. The molecule has 0 unspecified atom stereocenters. The highest BCUT2D eigenvalue weighted by molar-refractivity contribution is 5.88. The average molecular weight is 259 g/mol. The lowest BCUT2D eigenvalue weighted by atomic mass is 10.00. The Balaban J connectivity index is 2.30. The van der Waals surface area contributed by atoms with Crippen LogP contribution in [0.25, 0.3) is 11.3 Å². The molecule has 0 saturated heterocycles. The lowest BCUT2D eigenvalue weighted by molar-refractivity contribution is 0.0651. The molecule has 0 fully saturated rings. The Bertz CT molecular complexity index is 582. The second-order valence-electron chi connectivity index (χ2n) is 5.09. The SMILES string of the molecule is Cc1c(-c2ccc(CC(C)C)cc2)noc1C(=O)O. The smallest absolute Gasteiger partial charge is 0.375 e. The summed E-state index contributed by atoms with van der Waals surface area (Å²) in [5.74, 6) is -0.577. The standard InChI is InChI=1S/C15H17NO3/c1-9(2)8-11-4-6-12(7-5-11)13-10(3)14(15(17)18)19-16-13/h4-7,9H,8H2,1-3H3,(H,17,18). The fourth-order valence-electron chi connectivity index (χ4n) is 2.07. The third-order valence-electron chi connectivity index (χ3n) is 2.99. The van der Waals surface area contributed by atoms with E-state index in [-0.39, 0.29) is 5.76 Å². The van der Waals surface area contributed by atoms with Crippen LogP contribution in [0, 0.1) is 12.8 Å². The van der Waals surface area contributed by atoms with E-state index in [1.54, 1.807) is 6.92 Å². The number of nitrogens with zero attached hydrogens (tertiary/aromatic N) is 1. The van der Waals surface area contributed by atoms with Crippen LogP contribution in [0.5, 0.6) is 0 Å². The molecule has 1 N–H and O–H groups in total. The molecular weight excluding hydrogens is 242 g/mol. The number of carboxylic acid groups (broad SMARTS) is 1. The molecule has 2 rings (SSSR count). The second kappa shape index (κ2) is 5.26. The monoisotopic (exact) mass is 259 g/mol. The maximum absolute atomic E-state index is 10.9. The van der Waals surface area contributed by atoms with Crippen LogP contribution in [0.15, 0.2) is 28.8 Å². The lowest BCUT2D eigenvalue weighted by Crippen LogP contribution is -1.96. The summed E-state index contributed by atoms with van der Waals surface area (Å²) in [4.78, 5) is 10.9. The van der Waals surface area contributed by atoms with Crippen LogP contribution in [0.4, 0.5) is 0 Å². The normalized spacial score (nSPS) is 10.9. The largest absolute Gasteiger partial charge is 0.475 e. The third-order valence-corrected chi connectivity index (χ3v) is 2.99. The second-order valence-corrected chi connectivity index (χ2v) is 5.09. The Labute approximate surface area is 112 Å². The maximum atomic E-state index is 10.9. The quantitative estimate of drug-likeness (QED) is 0.912. The molecule has 0 aliphatic carbocycles. The molecule has 0 bridgehead atoms. The van der Waals surface area contributed by atoms with E-state index in [0.29, 0.717) is 17.2 Å². The minimum absolute atomic E-state index is 0.0961. The maximum Gasteiger partial charge on any atom is 0.375 e. The summed E-state index contributed by atoms with van der Waals surface area (Å²) in [6, 6.07) is 8.00. The number of aromatic nitrogens is 1. The van der Waals surface area contributed by atoms with E-state index >= 15 is 0 Å². The summed E-state index contributed by atoms with van der Waals surface area (Å²) in [6.45, 7) is 6.06. The molecule has 0 spiro atoms. The van der Waals surface area contributed by atoms with Crippen LogP contribution in [0.3, 0.4) is 0 Å². The minimum Gasteiger partial charge on any atom is -0.475 e. The van der Waals surface area contributed by atoms with Crippen molar-refractivity contribution in [3.05, 3.63) is 41.2 Å². The molecular formula is C15H17NO3. The zero-order valence-electron chi connectivity index (χ0n) is 11.3. The zero-order chi connectivity index (χ0) is 14.0. The van der Waals surface area contributed by atoms with Gasteiger partial charge >= 0.3 is 5.97 Å². The summed E-state index contributed by atoms with van der Waals surface area (Å²) in [5, 5.41) is 12.8. The van der Waals surface area contributed by atoms with Gasteiger partial charge in [0.25, 0.3) is 0 Å². The Kier molecular flexibility index (Phi) is 3.69. The molecule has 0 saturated carbocycles. The van der Waals surface area contributed by atoms with Crippen molar-refractivity contribution in [2.24, 2.45) is 5.92 Å². The molecule has 4 heteroatoms. The molecule has 0 atom stereocenters. The van der Waals surface area contributed by atoms with E-state index < -0.39 is 5.97 Å². The Morgan fingerprint density at radius 3 is 2.42 bits per heavy atom. The molecule has 19 heavy (non-hydrogen) atoms. The van der Waals surface area contributed by atoms with Crippen molar-refractivity contribution in [1.82, 2.24) is 5.16 Å². The van der Waals surface area contributed by atoms with Crippen LogP contribution in [0.2, 0.25) is 0 Å². The fraction of sp³-hybridized carbons (Fsp3) is 0.333. The predicted octanol–water partition coefficient (Wildman–Crippen LogP) is 3.55. The van der Waals surface area contributed by atoms with Gasteiger partial charge in [-0.25, -0.2) is 4.79 Å². The minimum atomic E-state index is -1.09. The molecule has 0 aliphatic rings. The van der Waals surface area contributed by atoms with Crippen molar-refractivity contribution in [2.45, 2.75) is 27.2 Å². The van der Waals surface area contributed by atoms with E-state index in [1.807, 2.05) is 24.3 Å². The Morgan fingerprint density at radius 1 is 1.32 bits per heavy atom. The summed E-state index contributed by atoms with van der Waals surface area (Å²) in [7, 11) is 0. The molecule has 1 aromatic carbocycles. The summed E-state index contributed by atoms with van der Waals surface area (Å²) in [6.07, 6.45) is 1.03. The third kappa shape index (κ3) is 2.84. The van der Waals surface area contributed by atoms with Gasteiger partial charge in [0.2, 0.25) is 5.76 Å². The van der Waals surface area contributed by atoms with Gasteiger partial charge in [-0.2, -0.15) is 0 Å². The van der Waals surface area contributed by atoms with E-state index in [4.69, 9.17) is 9.63 Å². The van der Waals surface area contributed by atoms with Gasteiger partial charge in [-0.05, 0) is 24.8 Å². The van der Waals surface area contributed by atoms with Gasteiger partial charge in [0.05, 0.1) is 0 Å². The van der Waals surface area contributed by atoms with Gasteiger partial charge in [-0.1, -0.05) is 43.3 Å². The highest BCUT2D eigenvalue weighted by Crippen LogP contribution is 2.25. The van der Waals surface area contributed by atoms with Gasteiger partial charge in [-0.3, -0.25) is 0 Å². The van der Waals surface area contributed by atoms with Crippen LogP contribution >= 0.6 is 0 Å². The number of hydrogen-bond acceptors (Lipinski definition) is 3. The first-order chi connectivity index (χ1) is 8.99. The Hall–Kier alpha value is -2.10. The Morgan fingerprint density at radius 2 is 1.95 bits per heavy atom. The van der Waals surface area contributed by atoms with Gasteiger partial charge in [0.15, 0.2) is 0 Å². The molecule has 1 heterocycles. The molecule has 0 aliphatic heterocycles. The van der Waals surface area contributed by atoms with Crippen LogP contribution in [-0.4, -0.2) is 16.2 Å². The molecule has 0 amide bonds. The van der Waals surface area contributed by atoms with Crippen molar-refractivity contribution >= 4 is 5.97 Å². The molecule has 2 aromatic rings. The van der Waals surface area contributed by atoms with Gasteiger partial charge < -0.3 is 9.63 Å². The number of rotatable bonds is 4. The number of aromatic carboxylic acids is 1. The first-order valence-corrected chi connectivity index (χ1v) is 6.28. The summed E-state index contributed by atoms with van der Waals surface area (Å²) >= 11 is 0. The number of benzene rings is 1. The number of carbonyl (C=O) groups is 1. The molecule has 0 radical (unpaired) electrons. The van der Waals surface area contributed by atoms with Crippen molar-refractivity contribution < 1.29 is 14.4 Å². The van der Waals surface area contributed by atoms with Gasteiger partial charge in [-0.15, -0.1) is 0 Å². The molecule has 1 aromatic heterocycles. The van der Waals surface area contributed by atoms with Crippen molar-refractivity contribution in [2.75, 3.05) is 0 Å². The lowest BCUT2D eigenvalue weighted by Gasteiger charge is -2.05. The van der Waals surface area contributed by atoms with Crippen LogP contribution < -0.4 is 0 Å². The highest BCUT2D eigenvalue weighted by atomic mass is 16.5. The van der Waals surface area contributed by atoms with E-state index in [1.165, 1.54) is 5.56 Å². The number of hydrogen-bond donors (Lipinski definition) is 1. The topological polar surface area (TPSA) is 63.3 Å². The van der Waals surface area contributed by atoms with E-state index in [2.05, 4.69) is 19.0 Å². The van der Waals surface area contributed by atoms with Crippen molar-refractivity contribution in [3.63, 3.8) is 0 Å². The van der Waals surface area contributed by atoms with E-state index in [9.17, 15) is 4.79 Å². The summed E-state index contributed by atoms with van der Waals surface area (Å²) in [5.41, 5.74) is 3.29.